The van der Waals surface area contributed by atoms with Crippen molar-refractivity contribution >= 4 is 11.6 Å². The predicted octanol–water partition coefficient (Wildman–Crippen LogP) is 1.22. The molecule has 19 heavy (non-hydrogen) atoms. The minimum atomic E-state index is -0.791. The van der Waals surface area contributed by atoms with Crippen molar-refractivity contribution in [1.82, 2.24) is 10.6 Å². The summed E-state index contributed by atoms with van der Waals surface area (Å²) in [6.07, 6.45) is 1.80. The number of amides is 1. The Kier molecular flexibility index (Phi) is 4.06. The van der Waals surface area contributed by atoms with Gasteiger partial charge in [-0.3, -0.25) is 14.9 Å². The Morgan fingerprint density at radius 2 is 2.26 bits per heavy atom. The van der Waals surface area contributed by atoms with Gasteiger partial charge in [-0.1, -0.05) is 0 Å². The summed E-state index contributed by atoms with van der Waals surface area (Å²) in [5.41, 5.74) is -0.454. The molecule has 1 unspecified atom stereocenters. The molecule has 1 aliphatic rings. The lowest BCUT2D eigenvalue weighted by Gasteiger charge is -2.23. The molecule has 1 saturated heterocycles. The highest BCUT2D eigenvalue weighted by Crippen LogP contribution is 2.16. The summed E-state index contributed by atoms with van der Waals surface area (Å²) >= 11 is 0. The van der Waals surface area contributed by atoms with Crippen LogP contribution in [-0.4, -0.2) is 30.0 Å². The molecule has 0 aromatic heterocycles. The van der Waals surface area contributed by atoms with Crippen LogP contribution in [0.2, 0.25) is 0 Å². The number of benzene rings is 1. The normalized spacial score (nSPS) is 18.9. The topological polar surface area (TPSA) is 84.3 Å². The van der Waals surface area contributed by atoms with E-state index < -0.39 is 22.3 Å². The number of carbonyl (C=O) groups excluding carboxylic acids is 1. The van der Waals surface area contributed by atoms with Crippen molar-refractivity contribution in [1.29, 1.82) is 0 Å². The molecule has 1 aliphatic heterocycles. The SMILES string of the molecule is O=C(NC1CCCNC1)c1cc(F)cc([N+](=O)[O-])c1. The molecule has 7 heteroatoms. The van der Waals surface area contributed by atoms with Gasteiger partial charge in [-0.2, -0.15) is 0 Å². The summed E-state index contributed by atoms with van der Waals surface area (Å²) in [5.74, 6) is -1.28. The first-order valence-corrected chi connectivity index (χ1v) is 6.03. The monoisotopic (exact) mass is 267 g/mol. The summed E-state index contributed by atoms with van der Waals surface area (Å²) < 4.78 is 13.2. The van der Waals surface area contributed by atoms with E-state index in [1.54, 1.807) is 0 Å². The molecule has 102 valence electrons. The van der Waals surface area contributed by atoms with Gasteiger partial charge in [0.15, 0.2) is 0 Å². The smallest absolute Gasteiger partial charge is 0.273 e. The Balaban J connectivity index is 2.11. The van der Waals surface area contributed by atoms with E-state index >= 15 is 0 Å². The van der Waals surface area contributed by atoms with Crippen LogP contribution in [-0.2, 0) is 0 Å². The largest absolute Gasteiger partial charge is 0.348 e. The minimum absolute atomic E-state index is 0.0245. The van der Waals surface area contributed by atoms with Gasteiger partial charge >= 0.3 is 0 Å². The van der Waals surface area contributed by atoms with E-state index in [4.69, 9.17) is 0 Å². The van der Waals surface area contributed by atoms with Gasteiger partial charge in [0.2, 0.25) is 0 Å². The Hall–Kier alpha value is -2.02. The van der Waals surface area contributed by atoms with Gasteiger partial charge in [-0.05, 0) is 25.5 Å². The lowest BCUT2D eigenvalue weighted by atomic mass is 10.1. The van der Waals surface area contributed by atoms with Crippen LogP contribution in [0.3, 0.4) is 0 Å². The maximum absolute atomic E-state index is 13.2. The third kappa shape index (κ3) is 3.47. The molecule has 1 atom stereocenters. The molecule has 0 aliphatic carbocycles. The molecule has 2 rings (SSSR count). The zero-order valence-electron chi connectivity index (χ0n) is 10.2. The average Bonchev–Trinajstić information content (AvgIpc) is 2.39. The van der Waals surface area contributed by atoms with E-state index in [9.17, 15) is 19.3 Å². The Morgan fingerprint density at radius 1 is 1.47 bits per heavy atom. The van der Waals surface area contributed by atoms with Crippen molar-refractivity contribution in [3.63, 3.8) is 0 Å². The van der Waals surface area contributed by atoms with Gasteiger partial charge in [-0.25, -0.2) is 4.39 Å². The lowest BCUT2D eigenvalue weighted by molar-refractivity contribution is -0.385. The molecule has 2 N–H and O–H groups in total. The fourth-order valence-corrected chi connectivity index (χ4v) is 2.05. The second-order valence-electron chi connectivity index (χ2n) is 4.47. The van der Waals surface area contributed by atoms with E-state index in [0.29, 0.717) is 6.54 Å². The van der Waals surface area contributed by atoms with Gasteiger partial charge in [-0.15, -0.1) is 0 Å². The van der Waals surface area contributed by atoms with Crippen LogP contribution in [0.25, 0.3) is 0 Å². The molecular formula is C12H14FN3O3. The van der Waals surface area contributed by atoms with Crippen molar-refractivity contribution in [3.05, 3.63) is 39.7 Å². The predicted molar refractivity (Wildman–Crippen MR) is 66.4 cm³/mol. The van der Waals surface area contributed by atoms with Crippen molar-refractivity contribution in [2.45, 2.75) is 18.9 Å². The van der Waals surface area contributed by atoms with Crippen molar-refractivity contribution in [3.8, 4) is 0 Å². The maximum Gasteiger partial charge on any atom is 0.273 e. The number of hydrogen-bond donors (Lipinski definition) is 2. The molecule has 1 aromatic carbocycles. The van der Waals surface area contributed by atoms with Gasteiger partial charge in [0.1, 0.15) is 5.82 Å². The number of non-ortho nitro benzene ring substituents is 1. The number of hydrogen-bond acceptors (Lipinski definition) is 4. The first-order chi connectivity index (χ1) is 9.06. The first kappa shape index (κ1) is 13.4. The molecule has 0 radical (unpaired) electrons. The molecule has 0 saturated carbocycles. The highest BCUT2D eigenvalue weighted by atomic mass is 19.1. The van der Waals surface area contributed by atoms with E-state index in [1.807, 2.05) is 0 Å². The van der Waals surface area contributed by atoms with Gasteiger partial charge in [0.05, 0.1) is 11.0 Å². The summed E-state index contributed by atoms with van der Waals surface area (Å²) in [4.78, 5) is 21.8. The van der Waals surface area contributed by atoms with Crippen LogP contribution in [0, 0.1) is 15.9 Å². The summed E-state index contributed by atoms with van der Waals surface area (Å²) in [6.45, 7) is 1.57. The second-order valence-corrected chi connectivity index (χ2v) is 4.47. The quantitative estimate of drug-likeness (QED) is 0.637. The molecule has 1 aromatic rings. The molecule has 1 amide bonds. The van der Waals surface area contributed by atoms with Crippen LogP contribution < -0.4 is 10.6 Å². The standard InChI is InChI=1S/C12H14FN3O3/c13-9-4-8(5-11(6-9)16(18)19)12(17)15-10-2-1-3-14-7-10/h4-6,10,14H,1-3,7H2,(H,15,17). The zero-order valence-corrected chi connectivity index (χ0v) is 10.2. The Morgan fingerprint density at radius 3 is 2.89 bits per heavy atom. The highest BCUT2D eigenvalue weighted by molar-refractivity contribution is 5.95. The summed E-state index contributed by atoms with van der Waals surface area (Å²) in [6, 6.07) is 2.84. The van der Waals surface area contributed by atoms with Gasteiger partial charge in [0.25, 0.3) is 11.6 Å². The van der Waals surface area contributed by atoms with Crippen LogP contribution in [0.4, 0.5) is 10.1 Å². The minimum Gasteiger partial charge on any atom is -0.348 e. The molecule has 0 spiro atoms. The maximum atomic E-state index is 13.2. The second kappa shape index (κ2) is 5.75. The molecule has 1 heterocycles. The van der Waals surface area contributed by atoms with Crippen LogP contribution >= 0.6 is 0 Å². The van der Waals surface area contributed by atoms with Crippen LogP contribution in [0.1, 0.15) is 23.2 Å². The average molecular weight is 267 g/mol. The summed E-state index contributed by atoms with van der Waals surface area (Å²) in [7, 11) is 0. The molecule has 6 nitrogen and oxygen atoms in total. The number of rotatable bonds is 3. The number of nitro groups is 1. The number of halogens is 1. The molecular weight excluding hydrogens is 253 g/mol. The van der Waals surface area contributed by atoms with E-state index in [1.165, 1.54) is 0 Å². The lowest BCUT2D eigenvalue weighted by Crippen LogP contribution is -2.45. The summed E-state index contributed by atoms with van der Waals surface area (Å²) in [5, 5.41) is 16.5. The highest BCUT2D eigenvalue weighted by Gasteiger charge is 2.19. The zero-order chi connectivity index (χ0) is 13.8. The number of nitrogens with zero attached hydrogens (tertiary/aromatic N) is 1. The van der Waals surface area contributed by atoms with Gasteiger partial charge < -0.3 is 10.6 Å². The van der Waals surface area contributed by atoms with Crippen molar-refractivity contribution in [2.75, 3.05) is 13.1 Å². The Bertz CT molecular complexity index is 501. The third-order valence-electron chi connectivity index (χ3n) is 2.99. The third-order valence-corrected chi connectivity index (χ3v) is 2.99. The number of nitrogens with one attached hydrogen (secondary N) is 2. The fourth-order valence-electron chi connectivity index (χ4n) is 2.05. The first-order valence-electron chi connectivity index (χ1n) is 6.03. The van der Waals surface area contributed by atoms with Crippen molar-refractivity contribution < 1.29 is 14.1 Å². The van der Waals surface area contributed by atoms with Crippen molar-refractivity contribution in [2.24, 2.45) is 0 Å². The number of carbonyl (C=O) groups is 1. The fraction of sp³-hybridized carbons (Fsp3) is 0.417. The van der Waals surface area contributed by atoms with E-state index in [-0.39, 0.29) is 11.6 Å². The molecule has 0 bridgehead atoms. The number of piperidine rings is 1. The van der Waals surface area contributed by atoms with Crippen LogP contribution in [0.15, 0.2) is 18.2 Å². The van der Waals surface area contributed by atoms with E-state index in [2.05, 4.69) is 10.6 Å². The van der Waals surface area contributed by atoms with Crippen LogP contribution in [0.5, 0.6) is 0 Å². The van der Waals surface area contributed by atoms with Gasteiger partial charge in [0, 0.05) is 24.2 Å². The Labute approximate surface area is 109 Å². The van der Waals surface area contributed by atoms with E-state index in [0.717, 1.165) is 37.6 Å². The number of nitro benzene ring substituents is 1. The molecule has 1 fully saturated rings.